The zero-order valence-corrected chi connectivity index (χ0v) is 14.5. The lowest BCUT2D eigenvalue weighted by Crippen LogP contribution is -2.47. The Labute approximate surface area is 142 Å². The van der Waals surface area contributed by atoms with Crippen LogP contribution in [0.25, 0.3) is 11.0 Å². The SMILES string of the molecule is O=S(=O)(C1CCN(c2ncnc3[nH]ccc23)CC1)N1CCCCC1. The lowest BCUT2D eigenvalue weighted by molar-refractivity contribution is 0.338. The largest absolute Gasteiger partial charge is 0.356 e. The van der Waals surface area contributed by atoms with Crippen LogP contribution in [0.5, 0.6) is 0 Å². The predicted octanol–water partition coefficient (Wildman–Crippen LogP) is 1.74. The van der Waals surface area contributed by atoms with Gasteiger partial charge >= 0.3 is 0 Å². The summed E-state index contributed by atoms with van der Waals surface area (Å²) in [6, 6.07) is 1.97. The van der Waals surface area contributed by atoms with Crippen LogP contribution in [0.4, 0.5) is 5.82 Å². The highest BCUT2D eigenvalue weighted by molar-refractivity contribution is 7.89. The average Bonchev–Trinajstić information content (AvgIpc) is 3.11. The standard InChI is InChI=1S/C16H23N5O2S/c22-24(23,21-8-2-1-3-9-21)13-5-10-20(11-6-13)16-14-4-7-17-15(14)18-12-19-16/h4,7,12-13H,1-3,5-6,8-11H2,(H,17,18,19). The van der Waals surface area contributed by atoms with E-state index in [1.54, 1.807) is 10.6 Å². The number of nitrogens with zero attached hydrogens (tertiary/aromatic N) is 4. The van der Waals surface area contributed by atoms with Gasteiger partial charge in [-0.2, -0.15) is 0 Å². The molecule has 0 aromatic carbocycles. The minimum atomic E-state index is -3.15. The van der Waals surface area contributed by atoms with Crippen molar-refractivity contribution in [2.24, 2.45) is 0 Å². The molecule has 0 spiro atoms. The van der Waals surface area contributed by atoms with Crippen LogP contribution >= 0.6 is 0 Å². The van der Waals surface area contributed by atoms with Crippen molar-refractivity contribution in [1.29, 1.82) is 0 Å². The van der Waals surface area contributed by atoms with Gasteiger partial charge in [-0.05, 0) is 31.7 Å². The monoisotopic (exact) mass is 349 g/mol. The number of aromatic nitrogens is 3. The number of hydrogen-bond donors (Lipinski definition) is 1. The lowest BCUT2D eigenvalue weighted by atomic mass is 10.1. The van der Waals surface area contributed by atoms with Crippen LogP contribution in [-0.4, -0.2) is 59.1 Å². The lowest BCUT2D eigenvalue weighted by Gasteiger charge is -2.36. The minimum absolute atomic E-state index is 0.254. The maximum atomic E-state index is 12.8. The van der Waals surface area contributed by atoms with Gasteiger partial charge < -0.3 is 9.88 Å². The first-order chi connectivity index (χ1) is 11.7. The third-order valence-corrected chi connectivity index (χ3v) is 7.57. The second-order valence-electron chi connectivity index (χ2n) is 6.63. The average molecular weight is 349 g/mol. The van der Waals surface area contributed by atoms with Crippen molar-refractivity contribution in [1.82, 2.24) is 19.3 Å². The first-order valence-electron chi connectivity index (χ1n) is 8.68. The normalized spacial score (nSPS) is 21.4. The number of anilines is 1. The van der Waals surface area contributed by atoms with E-state index in [9.17, 15) is 8.42 Å². The molecular formula is C16H23N5O2S. The Morgan fingerprint density at radius 1 is 1.04 bits per heavy atom. The molecule has 0 bridgehead atoms. The molecule has 1 N–H and O–H groups in total. The highest BCUT2D eigenvalue weighted by atomic mass is 32.2. The Balaban J connectivity index is 1.48. The third kappa shape index (κ3) is 2.77. The van der Waals surface area contributed by atoms with Crippen LogP contribution in [0.2, 0.25) is 0 Å². The summed E-state index contributed by atoms with van der Waals surface area (Å²) < 4.78 is 27.4. The number of piperidine rings is 2. The van der Waals surface area contributed by atoms with Gasteiger partial charge in [-0.15, -0.1) is 0 Å². The fourth-order valence-electron chi connectivity index (χ4n) is 3.81. The van der Waals surface area contributed by atoms with Crippen LogP contribution in [0.1, 0.15) is 32.1 Å². The van der Waals surface area contributed by atoms with Crippen LogP contribution in [0.15, 0.2) is 18.6 Å². The van der Waals surface area contributed by atoms with E-state index in [1.165, 1.54) is 0 Å². The maximum absolute atomic E-state index is 12.8. The molecule has 130 valence electrons. The van der Waals surface area contributed by atoms with Crippen molar-refractivity contribution in [2.75, 3.05) is 31.1 Å². The van der Waals surface area contributed by atoms with Gasteiger partial charge in [0, 0.05) is 32.4 Å². The Kier molecular flexibility index (Phi) is 4.17. The molecule has 8 heteroatoms. The number of hydrogen-bond acceptors (Lipinski definition) is 5. The summed E-state index contributed by atoms with van der Waals surface area (Å²) in [4.78, 5) is 13.9. The summed E-state index contributed by atoms with van der Waals surface area (Å²) in [5.74, 6) is 0.898. The van der Waals surface area contributed by atoms with Gasteiger partial charge in [0.2, 0.25) is 10.0 Å². The van der Waals surface area contributed by atoms with Gasteiger partial charge in [0.25, 0.3) is 0 Å². The van der Waals surface area contributed by atoms with Gasteiger partial charge in [0.1, 0.15) is 17.8 Å². The second kappa shape index (κ2) is 6.33. The van der Waals surface area contributed by atoms with Crippen molar-refractivity contribution < 1.29 is 8.42 Å². The molecule has 0 amide bonds. The van der Waals surface area contributed by atoms with E-state index in [4.69, 9.17) is 0 Å². The molecule has 2 fully saturated rings. The number of aromatic amines is 1. The van der Waals surface area contributed by atoms with E-state index < -0.39 is 10.0 Å². The number of sulfonamides is 1. The molecule has 4 heterocycles. The third-order valence-electron chi connectivity index (χ3n) is 5.17. The second-order valence-corrected chi connectivity index (χ2v) is 8.84. The molecule has 2 saturated heterocycles. The minimum Gasteiger partial charge on any atom is -0.356 e. The van der Waals surface area contributed by atoms with Crippen LogP contribution in [-0.2, 0) is 10.0 Å². The van der Waals surface area contributed by atoms with Gasteiger partial charge in [-0.25, -0.2) is 22.7 Å². The van der Waals surface area contributed by atoms with Crippen LogP contribution in [0, 0.1) is 0 Å². The van der Waals surface area contributed by atoms with Gasteiger partial charge in [0.15, 0.2) is 0 Å². The summed E-state index contributed by atoms with van der Waals surface area (Å²) in [6.45, 7) is 2.82. The number of nitrogens with one attached hydrogen (secondary N) is 1. The number of fused-ring (bicyclic) bond motifs is 1. The molecular weight excluding hydrogens is 326 g/mol. The summed E-state index contributed by atoms with van der Waals surface area (Å²) in [5, 5.41) is 0.741. The fraction of sp³-hybridized carbons (Fsp3) is 0.625. The van der Waals surface area contributed by atoms with Crippen LogP contribution in [0.3, 0.4) is 0 Å². The molecule has 0 atom stereocenters. The molecule has 7 nitrogen and oxygen atoms in total. The van der Waals surface area contributed by atoms with E-state index in [2.05, 4.69) is 19.9 Å². The Morgan fingerprint density at radius 2 is 1.79 bits per heavy atom. The van der Waals surface area contributed by atoms with Crippen molar-refractivity contribution in [3.05, 3.63) is 18.6 Å². The topological polar surface area (TPSA) is 82.2 Å². The highest BCUT2D eigenvalue weighted by Gasteiger charge is 2.35. The number of H-pyrrole nitrogens is 1. The van der Waals surface area contributed by atoms with Gasteiger partial charge in [0.05, 0.1) is 10.6 Å². The summed E-state index contributed by atoms with van der Waals surface area (Å²) in [6.07, 6.45) is 7.87. The van der Waals surface area contributed by atoms with Gasteiger partial charge in [-0.3, -0.25) is 0 Å². The van der Waals surface area contributed by atoms with E-state index in [-0.39, 0.29) is 5.25 Å². The van der Waals surface area contributed by atoms with Crippen molar-refractivity contribution >= 4 is 26.9 Å². The first kappa shape index (κ1) is 15.8. The Morgan fingerprint density at radius 3 is 2.54 bits per heavy atom. The fourth-order valence-corrected chi connectivity index (χ4v) is 5.80. The van der Waals surface area contributed by atoms with E-state index in [0.29, 0.717) is 25.9 Å². The molecule has 4 rings (SSSR count). The van der Waals surface area contributed by atoms with Gasteiger partial charge in [-0.1, -0.05) is 6.42 Å². The molecule has 24 heavy (non-hydrogen) atoms. The van der Waals surface area contributed by atoms with Crippen molar-refractivity contribution in [3.8, 4) is 0 Å². The summed E-state index contributed by atoms with van der Waals surface area (Å²) >= 11 is 0. The van der Waals surface area contributed by atoms with Crippen molar-refractivity contribution in [3.63, 3.8) is 0 Å². The molecule has 2 aromatic heterocycles. The molecule has 0 radical (unpaired) electrons. The zero-order chi connectivity index (χ0) is 16.6. The Bertz CT molecular complexity index is 805. The molecule has 0 unspecified atom stereocenters. The first-order valence-corrected chi connectivity index (χ1v) is 10.2. The molecule has 2 aliphatic rings. The Hall–Kier alpha value is -1.67. The molecule has 0 aliphatic carbocycles. The van der Waals surface area contributed by atoms with Crippen molar-refractivity contribution in [2.45, 2.75) is 37.4 Å². The highest BCUT2D eigenvalue weighted by Crippen LogP contribution is 2.28. The van der Waals surface area contributed by atoms with E-state index >= 15 is 0 Å². The van der Waals surface area contributed by atoms with E-state index in [1.807, 2.05) is 12.3 Å². The summed E-state index contributed by atoms with van der Waals surface area (Å²) in [7, 11) is -3.15. The molecule has 2 aromatic rings. The van der Waals surface area contributed by atoms with E-state index in [0.717, 1.165) is 49.2 Å². The van der Waals surface area contributed by atoms with Crippen LogP contribution < -0.4 is 4.90 Å². The molecule has 0 saturated carbocycles. The molecule has 2 aliphatic heterocycles. The smallest absolute Gasteiger partial charge is 0.217 e. The zero-order valence-electron chi connectivity index (χ0n) is 13.7. The maximum Gasteiger partial charge on any atom is 0.217 e. The summed E-state index contributed by atoms with van der Waals surface area (Å²) in [5.41, 5.74) is 0.822. The quantitative estimate of drug-likeness (QED) is 0.913. The number of rotatable bonds is 3. The predicted molar refractivity (Wildman–Crippen MR) is 93.5 cm³/mol.